The Kier molecular flexibility index (Phi) is 3.66. The third kappa shape index (κ3) is 3.26. The van der Waals surface area contributed by atoms with Crippen LogP contribution in [0.2, 0.25) is 0 Å². The fraction of sp³-hybridized carbons (Fsp3) is 0.375. The average molecular weight is 197 g/mol. The van der Waals surface area contributed by atoms with Gasteiger partial charge in [0.15, 0.2) is 12.4 Å². The van der Waals surface area contributed by atoms with Gasteiger partial charge in [-0.05, 0) is 13.8 Å². The lowest BCUT2D eigenvalue weighted by atomic mass is 10.4. The van der Waals surface area contributed by atoms with E-state index in [1.165, 1.54) is 6.21 Å². The van der Waals surface area contributed by atoms with Crippen LogP contribution in [-0.2, 0) is 11.4 Å². The fourth-order valence-electron chi connectivity index (χ4n) is 0.725. The molecule has 6 nitrogen and oxygen atoms in total. The van der Waals surface area contributed by atoms with Crippen molar-refractivity contribution in [2.45, 2.75) is 20.5 Å². The van der Waals surface area contributed by atoms with Crippen molar-refractivity contribution in [2.75, 3.05) is 0 Å². The molecule has 0 saturated carbocycles. The minimum Gasteiger partial charge on any atom is -0.411 e. The fourth-order valence-corrected chi connectivity index (χ4v) is 0.725. The number of rotatable bonds is 4. The molecule has 14 heavy (non-hydrogen) atoms. The molecular weight excluding hydrogens is 186 g/mol. The second-order valence-corrected chi connectivity index (χ2v) is 2.68. The van der Waals surface area contributed by atoms with Gasteiger partial charge in [0.25, 0.3) is 0 Å². The largest absolute Gasteiger partial charge is 0.411 e. The summed E-state index contributed by atoms with van der Waals surface area (Å²) in [5.74, 6) is 0.596. The molecule has 1 aromatic rings. The van der Waals surface area contributed by atoms with E-state index >= 15 is 0 Å². The number of nitrogens with zero attached hydrogens (tertiary/aromatic N) is 3. The van der Waals surface area contributed by atoms with Gasteiger partial charge in [-0.1, -0.05) is 15.5 Å². The molecule has 0 unspecified atom stereocenters. The summed E-state index contributed by atoms with van der Waals surface area (Å²) in [5, 5.41) is 18.4. The highest BCUT2D eigenvalue weighted by molar-refractivity contribution is 6.29. The standard InChI is InChI=1S/C8H11N3O3/c1-6-3-8(14-11-6)5-13-9-4-7(2)10-12/h3-4,12H,5H2,1-2H3/b9-4-,10-7-. The maximum atomic E-state index is 8.27. The number of aryl methyl sites for hydroxylation is 1. The third-order valence-electron chi connectivity index (χ3n) is 1.36. The lowest BCUT2D eigenvalue weighted by Crippen LogP contribution is -1.93. The zero-order chi connectivity index (χ0) is 10.4. The summed E-state index contributed by atoms with van der Waals surface area (Å²) in [4.78, 5) is 4.85. The van der Waals surface area contributed by atoms with Gasteiger partial charge in [0, 0.05) is 6.07 Å². The van der Waals surface area contributed by atoms with Crippen LogP contribution < -0.4 is 0 Å². The van der Waals surface area contributed by atoms with Gasteiger partial charge in [0.2, 0.25) is 0 Å². The molecule has 0 spiro atoms. The van der Waals surface area contributed by atoms with Crippen LogP contribution in [0.25, 0.3) is 0 Å². The predicted molar refractivity (Wildman–Crippen MR) is 49.4 cm³/mol. The smallest absolute Gasteiger partial charge is 0.177 e. The molecule has 0 atom stereocenters. The summed E-state index contributed by atoms with van der Waals surface area (Å²) in [6.07, 6.45) is 1.29. The Morgan fingerprint density at radius 3 is 3.14 bits per heavy atom. The van der Waals surface area contributed by atoms with E-state index in [4.69, 9.17) is 14.6 Å². The Labute approximate surface area is 80.8 Å². The van der Waals surface area contributed by atoms with Crippen LogP contribution >= 0.6 is 0 Å². The molecule has 0 aliphatic carbocycles. The molecule has 1 aromatic heterocycles. The van der Waals surface area contributed by atoms with Crippen molar-refractivity contribution in [3.63, 3.8) is 0 Å². The van der Waals surface area contributed by atoms with E-state index in [9.17, 15) is 0 Å². The summed E-state index contributed by atoms with van der Waals surface area (Å²) in [6, 6.07) is 1.75. The summed E-state index contributed by atoms with van der Waals surface area (Å²) >= 11 is 0. The number of aromatic nitrogens is 1. The van der Waals surface area contributed by atoms with Crippen LogP contribution in [0.5, 0.6) is 0 Å². The SMILES string of the molecule is CC(/C=N\OCc1cc(C)no1)=N/O. The molecule has 76 valence electrons. The second kappa shape index (κ2) is 5.00. The monoisotopic (exact) mass is 197 g/mol. The summed E-state index contributed by atoms with van der Waals surface area (Å²) in [6.45, 7) is 3.61. The number of oxime groups is 2. The highest BCUT2D eigenvalue weighted by Crippen LogP contribution is 2.03. The van der Waals surface area contributed by atoms with E-state index in [1.54, 1.807) is 13.0 Å². The molecule has 1 N–H and O–H groups in total. The van der Waals surface area contributed by atoms with Crippen LogP contribution in [0.1, 0.15) is 18.4 Å². The number of hydrogen-bond donors (Lipinski definition) is 1. The molecule has 6 heteroatoms. The average Bonchev–Trinajstić information content (AvgIpc) is 2.58. The maximum Gasteiger partial charge on any atom is 0.177 e. The maximum absolute atomic E-state index is 8.27. The van der Waals surface area contributed by atoms with E-state index < -0.39 is 0 Å². The van der Waals surface area contributed by atoms with Crippen LogP contribution in [-0.4, -0.2) is 22.3 Å². The Morgan fingerprint density at radius 2 is 2.57 bits per heavy atom. The summed E-state index contributed by atoms with van der Waals surface area (Å²) < 4.78 is 4.87. The molecule has 0 amide bonds. The topological polar surface area (TPSA) is 80.2 Å². The zero-order valence-corrected chi connectivity index (χ0v) is 7.97. The lowest BCUT2D eigenvalue weighted by molar-refractivity contribution is 0.111. The van der Waals surface area contributed by atoms with E-state index in [0.29, 0.717) is 11.5 Å². The van der Waals surface area contributed by atoms with Crippen molar-refractivity contribution in [1.29, 1.82) is 0 Å². The van der Waals surface area contributed by atoms with Gasteiger partial charge >= 0.3 is 0 Å². The Balaban J connectivity index is 2.32. The molecule has 0 aliphatic heterocycles. The number of hydrogen-bond acceptors (Lipinski definition) is 6. The summed E-state index contributed by atoms with van der Waals surface area (Å²) in [7, 11) is 0. The van der Waals surface area contributed by atoms with Crippen LogP contribution in [0.15, 0.2) is 20.9 Å². The Hall–Kier alpha value is -1.85. The molecule has 0 bridgehead atoms. The van der Waals surface area contributed by atoms with Gasteiger partial charge in [-0.25, -0.2) is 0 Å². The van der Waals surface area contributed by atoms with Crippen molar-refractivity contribution >= 4 is 11.9 Å². The predicted octanol–water partition coefficient (Wildman–Crippen LogP) is 1.34. The normalized spacial score (nSPS) is 12.3. The molecule has 0 aliphatic rings. The van der Waals surface area contributed by atoms with Gasteiger partial charge in [0.05, 0.1) is 17.6 Å². The zero-order valence-electron chi connectivity index (χ0n) is 7.97. The first-order valence-corrected chi connectivity index (χ1v) is 3.98. The van der Waals surface area contributed by atoms with Crippen molar-refractivity contribution < 1.29 is 14.6 Å². The molecular formula is C8H11N3O3. The molecule has 0 fully saturated rings. The lowest BCUT2D eigenvalue weighted by Gasteiger charge is -1.92. The van der Waals surface area contributed by atoms with Gasteiger partial charge in [-0.3, -0.25) is 0 Å². The van der Waals surface area contributed by atoms with Crippen LogP contribution in [0.4, 0.5) is 0 Å². The molecule has 0 saturated heterocycles. The third-order valence-corrected chi connectivity index (χ3v) is 1.36. The highest BCUT2D eigenvalue weighted by Gasteiger charge is 1.99. The van der Waals surface area contributed by atoms with E-state index in [1.807, 2.05) is 6.92 Å². The molecule has 0 radical (unpaired) electrons. The quantitative estimate of drug-likeness (QED) is 0.448. The van der Waals surface area contributed by atoms with Crippen molar-refractivity contribution in [2.24, 2.45) is 10.3 Å². The van der Waals surface area contributed by atoms with Gasteiger partial charge < -0.3 is 14.6 Å². The van der Waals surface area contributed by atoms with Crippen molar-refractivity contribution in [3.05, 3.63) is 17.5 Å². The van der Waals surface area contributed by atoms with Gasteiger partial charge in [0.1, 0.15) is 0 Å². The van der Waals surface area contributed by atoms with E-state index in [2.05, 4.69) is 15.5 Å². The first-order valence-electron chi connectivity index (χ1n) is 3.98. The van der Waals surface area contributed by atoms with Gasteiger partial charge in [-0.2, -0.15) is 0 Å². The summed E-state index contributed by atoms with van der Waals surface area (Å²) in [5.41, 5.74) is 1.15. The second-order valence-electron chi connectivity index (χ2n) is 2.68. The minimum atomic E-state index is 0.204. The first kappa shape index (κ1) is 10.2. The highest BCUT2D eigenvalue weighted by atomic mass is 16.6. The minimum absolute atomic E-state index is 0.204. The molecule has 1 heterocycles. The van der Waals surface area contributed by atoms with Gasteiger partial charge in [-0.15, -0.1) is 0 Å². The first-order chi connectivity index (χ1) is 6.72. The van der Waals surface area contributed by atoms with Crippen LogP contribution in [0, 0.1) is 6.92 Å². The Bertz CT molecular complexity index is 343. The molecule has 0 aromatic carbocycles. The molecule has 1 rings (SSSR count). The van der Waals surface area contributed by atoms with Crippen LogP contribution in [0.3, 0.4) is 0 Å². The van der Waals surface area contributed by atoms with Crippen molar-refractivity contribution in [1.82, 2.24) is 5.16 Å². The van der Waals surface area contributed by atoms with E-state index in [-0.39, 0.29) is 6.61 Å². The van der Waals surface area contributed by atoms with Crippen molar-refractivity contribution in [3.8, 4) is 0 Å². The Morgan fingerprint density at radius 1 is 1.79 bits per heavy atom. The van der Waals surface area contributed by atoms with E-state index in [0.717, 1.165) is 5.69 Å².